The zero-order chi connectivity index (χ0) is 12.1. The maximum Gasteiger partial charge on any atom is 0.128 e. The molecule has 4 nitrogen and oxygen atoms in total. The number of hydrogen-bond donors (Lipinski definition) is 1. The van der Waals surface area contributed by atoms with E-state index in [2.05, 4.69) is 15.3 Å². The zero-order valence-corrected chi connectivity index (χ0v) is 10.1. The van der Waals surface area contributed by atoms with Crippen LogP contribution in [0.4, 0.5) is 11.5 Å². The molecule has 4 heteroatoms. The van der Waals surface area contributed by atoms with Gasteiger partial charge in [0.25, 0.3) is 0 Å². The molecule has 0 atom stereocenters. The lowest BCUT2D eigenvalue weighted by Crippen LogP contribution is -2.10. The fraction of sp³-hybridized carbons (Fsp3) is 0.231. The van der Waals surface area contributed by atoms with E-state index < -0.39 is 0 Å². The number of hydrogen-bond acceptors (Lipinski definition) is 4. The minimum atomic E-state index is 0.761. The summed E-state index contributed by atoms with van der Waals surface area (Å²) in [6.45, 7) is 0.761. The standard InChI is InChI=1S/C13H16N4/c1-17(2)13-6-5-12(10-16-13)15-9-11-4-3-7-14-8-11/h3-8,10,15H,9H2,1-2H3. The number of aromatic nitrogens is 2. The first-order valence-corrected chi connectivity index (χ1v) is 5.52. The van der Waals surface area contributed by atoms with Crippen LogP contribution in [0.5, 0.6) is 0 Å². The molecule has 0 amide bonds. The van der Waals surface area contributed by atoms with Crippen molar-refractivity contribution in [1.82, 2.24) is 9.97 Å². The summed E-state index contributed by atoms with van der Waals surface area (Å²) in [6, 6.07) is 8.00. The Morgan fingerprint density at radius 1 is 1.18 bits per heavy atom. The normalized spacial score (nSPS) is 10.0. The first-order chi connectivity index (χ1) is 8.25. The fourth-order valence-corrected chi connectivity index (χ4v) is 1.46. The highest BCUT2D eigenvalue weighted by Gasteiger charge is 1.97. The molecule has 0 aliphatic rings. The maximum absolute atomic E-state index is 4.34. The van der Waals surface area contributed by atoms with E-state index in [1.807, 2.05) is 55.7 Å². The Labute approximate surface area is 101 Å². The van der Waals surface area contributed by atoms with Gasteiger partial charge in [-0.1, -0.05) is 6.07 Å². The van der Waals surface area contributed by atoms with Crippen LogP contribution in [0.25, 0.3) is 0 Å². The van der Waals surface area contributed by atoms with E-state index in [4.69, 9.17) is 0 Å². The molecule has 1 N–H and O–H groups in total. The quantitative estimate of drug-likeness (QED) is 0.870. The summed E-state index contributed by atoms with van der Waals surface area (Å²) in [5.74, 6) is 0.955. The molecule has 2 heterocycles. The van der Waals surface area contributed by atoms with Gasteiger partial charge < -0.3 is 10.2 Å². The number of anilines is 2. The molecule has 88 valence electrons. The van der Waals surface area contributed by atoms with Crippen molar-refractivity contribution in [2.24, 2.45) is 0 Å². The molecule has 0 radical (unpaired) electrons. The summed E-state index contributed by atoms with van der Waals surface area (Å²) in [4.78, 5) is 10.4. The van der Waals surface area contributed by atoms with E-state index in [0.29, 0.717) is 0 Å². The second-order valence-electron chi connectivity index (χ2n) is 4.01. The lowest BCUT2D eigenvalue weighted by atomic mass is 10.3. The van der Waals surface area contributed by atoms with Crippen LogP contribution in [0.1, 0.15) is 5.56 Å². The molecule has 0 spiro atoms. The van der Waals surface area contributed by atoms with Gasteiger partial charge >= 0.3 is 0 Å². The van der Waals surface area contributed by atoms with Gasteiger partial charge in [-0.3, -0.25) is 4.98 Å². The number of rotatable bonds is 4. The predicted molar refractivity (Wildman–Crippen MR) is 70.1 cm³/mol. The number of pyridine rings is 2. The largest absolute Gasteiger partial charge is 0.380 e. The second kappa shape index (κ2) is 5.30. The molecule has 2 rings (SSSR count). The van der Waals surface area contributed by atoms with Crippen molar-refractivity contribution in [2.45, 2.75) is 6.54 Å². The van der Waals surface area contributed by atoms with Crippen molar-refractivity contribution in [2.75, 3.05) is 24.3 Å². The number of nitrogens with one attached hydrogen (secondary N) is 1. The van der Waals surface area contributed by atoms with Gasteiger partial charge in [0, 0.05) is 33.0 Å². The van der Waals surface area contributed by atoms with Gasteiger partial charge in [-0.15, -0.1) is 0 Å². The van der Waals surface area contributed by atoms with E-state index in [1.165, 1.54) is 0 Å². The van der Waals surface area contributed by atoms with Crippen molar-refractivity contribution in [3.63, 3.8) is 0 Å². The Hall–Kier alpha value is -2.10. The molecule has 0 unspecified atom stereocenters. The number of nitrogens with zero attached hydrogens (tertiary/aromatic N) is 3. The fourth-order valence-electron chi connectivity index (χ4n) is 1.46. The molecular weight excluding hydrogens is 212 g/mol. The highest BCUT2D eigenvalue weighted by molar-refractivity contribution is 5.48. The molecule has 0 aliphatic heterocycles. The molecule has 0 saturated heterocycles. The monoisotopic (exact) mass is 228 g/mol. The first kappa shape index (κ1) is 11.4. The van der Waals surface area contributed by atoms with Crippen LogP contribution in [0, 0.1) is 0 Å². The molecule has 2 aromatic rings. The molecule has 17 heavy (non-hydrogen) atoms. The first-order valence-electron chi connectivity index (χ1n) is 5.52. The predicted octanol–water partition coefficient (Wildman–Crippen LogP) is 2.15. The SMILES string of the molecule is CN(C)c1ccc(NCc2cccnc2)cn1. The highest BCUT2D eigenvalue weighted by atomic mass is 15.1. The van der Waals surface area contributed by atoms with Crippen LogP contribution in [-0.2, 0) is 6.54 Å². The Bertz CT molecular complexity index is 451. The molecule has 0 fully saturated rings. The Kier molecular flexibility index (Phi) is 3.55. The van der Waals surface area contributed by atoms with Gasteiger partial charge in [-0.2, -0.15) is 0 Å². The van der Waals surface area contributed by atoms with Gasteiger partial charge in [0.15, 0.2) is 0 Å². The zero-order valence-electron chi connectivity index (χ0n) is 10.1. The Morgan fingerprint density at radius 3 is 2.65 bits per heavy atom. The summed E-state index contributed by atoms with van der Waals surface area (Å²) in [7, 11) is 3.95. The van der Waals surface area contributed by atoms with Gasteiger partial charge in [-0.25, -0.2) is 4.98 Å². The molecule has 0 aliphatic carbocycles. The molecule has 0 bridgehead atoms. The van der Waals surface area contributed by atoms with Gasteiger partial charge in [0.1, 0.15) is 5.82 Å². The molecule has 0 saturated carbocycles. The molecule has 0 aromatic carbocycles. The highest BCUT2D eigenvalue weighted by Crippen LogP contribution is 2.12. The third-order valence-electron chi connectivity index (χ3n) is 2.43. The third-order valence-corrected chi connectivity index (χ3v) is 2.43. The van der Waals surface area contributed by atoms with E-state index in [1.54, 1.807) is 6.20 Å². The lowest BCUT2D eigenvalue weighted by molar-refractivity contribution is 1.06. The molecular formula is C13H16N4. The van der Waals surface area contributed by atoms with Crippen molar-refractivity contribution >= 4 is 11.5 Å². The van der Waals surface area contributed by atoms with E-state index in [9.17, 15) is 0 Å². The van der Waals surface area contributed by atoms with Crippen molar-refractivity contribution in [3.8, 4) is 0 Å². The van der Waals surface area contributed by atoms with Crippen molar-refractivity contribution in [1.29, 1.82) is 0 Å². The minimum absolute atomic E-state index is 0.761. The summed E-state index contributed by atoms with van der Waals surface area (Å²) in [5, 5.41) is 3.31. The summed E-state index contributed by atoms with van der Waals surface area (Å²) >= 11 is 0. The van der Waals surface area contributed by atoms with Crippen LogP contribution in [0.15, 0.2) is 42.9 Å². The average molecular weight is 228 g/mol. The van der Waals surface area contributed by atoms with E-state index in [-0.39, 0.29) is 0 Å². The van der Waals surface area contributed by atoms with Gasteiger partial charge in [0.2, 0.25) is 0 Å². The minimum Gasteiger partial charge on any atom is -0.380 e. The topological polar surface area (TPSA) is 41.0 Å². The molecule has 2 aromatic heterocycles. The van der Waals surface area contributed by atoms with E-state index in [0.717, 1.165) is 23.6 Å². The van der Waals surface area contributed by atoms with Crippen molar-refractivity contribution in [3.05, 3.63) is 48.4 Å². The maximum atomic E-state index is 4.34. The van der Waals surface area contributed by atoms with Crippen LogP contribution in [0.3, 0.4) is 0 Å². The summed E-state index contributed by atoms with van der Waals surface area (Å²) in [5.41, 5.74) is 2.17. The van der Waals surface area contributed by atoms with Crippen LogP contribution < -0.4 is 10.2 Å². The lowest BCUT2D eigenvalue weighted by Gasteiger charge is -2.12. The Balaban J connectivity index is 1.96. The van der Waals surface area contributed by atoms with Crippen LogP contribution >= 0.6 is 0 Å². The van der Waals surface area contributed by atoms with Crippen molar-refractivity contribution < 1.29 is 0 Å². The average Bonchev–Trinajstić information content (AvgIpc) is 2.38. The summed E-state index contributed by atoms with van der Waals surface area (Å²) < 4.78 is 0. The van der Waals surface area contributed by atoms with Gasteiger partial charge in [0.05, 0.1) is 11.9 Å². The van der Waals surface area contributed by atoms with Gasteiger partial charge in [-0.05, 0) is 23.8 Å². The summed E-state index contributed by atoms with van der Waals surface area (Å²) in [6.07, 6.45) is 5.47. The van der Waals surface area contributed by atoms with E-state index >= 15 is 0 Å². The smallest absolute Gasteiger partial charge is 0.128 e. The van der Waals surface area contributed by atoms with Crippen LogP contribution in [-0.4, -0.2) is 24.1 Å². The van der Waals surface area contributed by atoms with Crippen LogP contribution in [0.2, 0.25) is 0 Å². The Morgan fingerprint density at radius 2 is 2.06 bits per heavy atom. The second-order valence-corrected chi connectivity index (χ2v) is 4.01. The third kappa shape index (κ3) is 3.17.